The molecular formula is C39H52FN5O5. The molecule has 4 heterocycles. The van der Waals surface area contributed by atoms with Crippen molar-refractivity contribution in [2.45, 2.75) is 131 Å². The molecule has 0 N–H and O–H groups in total. The molecule has 0 spiro atoms. The molecule has 3 amide bonds. The van der Waals surface area contributed by atoms with Crippen molar-refractivity contribution in [2.24, 2.45) is 5.92 Å². The molecule has 2 saturated heterocycles. The third-order valence-corrected chi connectivity index (χ3v) is 10.1. The Labute approximate surface area is 294 Å². The number of piperidine rings is 1. The lowest BCUT2D eigenvalue weighted by Crippen LogP contribution is -2.55. The Morgan fingerprint density at radius 2 is 1.66 bits per heavy atom. The summed E-state index contributed by atoms with van der Waals surface area (Å²) < 4.78 is 22.2. The molecule has 270 valence electrons. The Balaban J connectivity index is 1.44. The highest BCUT2D eigenvalue weighted by atomic mass is 19.1. The van der Waals surface area contributed by atoms with Crippen LogP contribution in [0.25, 0.3) is 16.6 Å². The summed E-state index contributed by atoms with van der Waals surface area (Å²) in [4.78, 5) is 65.0. The molecule has 1 aromatic carbocycles. The van der Waals surface area contributed by atoms with E-state index in [0.29, 0.717) is 60.1 Å². The standard InChI is InChI=1S/C39H52FN5O5/c1-22(2)43(23(3)4)36(47)30-20-28(40)12-14-31(30)45-26(7)34(29-15-17-41-21-33(29)45)35(46)27-16-18-42(25(6)19-27)37(48)32-13-11-24(5)44(32)38(49)50-39(8,9)10/h12,14-15,17,20-25,27,32H,11,13,16,18-19H2,1-10H3/t24-,25-,27?,32-/m0/s1. The first-order chi connectivity index (χ1) is 23.4. The maximum atomic E-state index is 14.7. The molecule has 1 unspecified atom stereocenters. The Morgan fingerprint density at radius 3 is 2.28 bits per heavy atom. The molecular weight excluding hydrogens is 637 g/mol. The van der Waals surface area contributed by atoms with Crippen LogP contribution < -0.4 is 0 Å². The average molecular weight is 690 g/mol. The van der Waals surface area contributed by atoms with Crippen molar-refractivity contribution in [1.82, 2.24) is 24.3 Å². The maximum Gasteiger partial charge on any atom is 0.411 e. The van der Waals surface area contributed by atoms with Crippen molar-refractivity contribution >= 4 is 34.6 Å². The van der Waals surface area contributed by atoms with Crippen LogP contribution in [0.15, 0.2) is 36.7 Å². The number of fused-ring (bicyclic) bond motifs is 1. The van der Waals surface area contributed by atoms with E-state index in [4.69, 9.17) is 4.74 Å². The van der Waals surface area contributed by atoms with Crippen LogP contribution in [0.5, 0.6) is 0 Å². The highest BCUT2D eigenvalue weighted by molar-refractivity contribution is 6.11. The van der Waals surface area contributed by atoms with Crippen LogP contribution >= 0.6 is 0 Å². The number of ether oxygens (including phenoxy) is 1. The Kier molecular flexibility index (Phi) is 10.5. The van der Waals surface area contributed by atoms with Gasteiger partial charge in [0.15, 0.2) is 5.78 Å². The number of hydrogen-bond acceptors (Lipinski definition) is 6. The van der Waals surface area contributed by atoms with Gasteiger partial charge in [0.1, 0.15) is 17.5 Å². The molecule has 0 saturated carbocycles. The number of pyridine rings is 1. The van der Waals surface area contributed by atoms with Crippen LogP contribution in [0.2, 0.25) is 0 Å². The number of Topliss-reactive ketones (excluding diaryl/α,β-unsaturated/α-hetero) is 1. The summed E-state index contributed by atoms with van der Waals surface area (Å²) in [5.41, 5.74) is 1.83. The number of carbonyl (C=O) groups excluding carboxylic acids is 4. The van der Waals surface area contributed by atoms with Gasteiger partial charge in [0, 0.05) is 59.5 Å². The minimum atomic E-state index is -0.674. The largest absolute Gasteiger partial charge is 0.444 e. The number of nitrogens with zero attached hydrogens (tertiary/aromatic N) is 5. The summed E-state index contributed by atoms with van der Waals surface area (Å²) in [5, 5.41) is 0.703. The van der Waals surface area contributed by atoms with Gasteiger partial charge in [-0.1, -0.05) is 0 Å². The topological polar surface area (TPSA) is 105 Å². The van der Waals surface area contributed by atoms with Crippen LogP contribution in [-0.4, -0.2) is 90.3 Å². The van der Waals surface area contributed by atoms with E-state index in [-0.39, 0.29) is 53.2 Å². The van der Waals surface area contributed by atoms with E-state index in [1.54, 1.807) is 34.3 Å². The number of carbonyl (C=O) groups is 4. The molecule has 0 bridgehead atoms. The van der Waals surface area contributed by atoms with Gasteiger partial charge in [-0.3, -0.25) is 24.3 Å². The zero-order valence-corrected chi connectivity index (χ0v) is 31.1. The van der Waals surface area contributed by atoms with E-state index < -0.39 is 23.6 Å². The van der Waals surface area contributed by atoms with Crippen molar-refractivity contribution in [1.29, 1.82) is 0 Å². The van der Waals surface area contributed by atoms with Gasteiger partial charge in [0.25, 0.3) is 5.91 Å². The van der Waals surface area contributed by atoms with Gasteiger partial charge in [-0.2, -0.15) is 0 Å². The van der Waals surface area contributed by atoms with E-state index in [1.807, 2.05) is 78.7 Å². The van der Waals surface area contributed by atoms with E-state index in [0.717, 1.165) is 0 Å². The summed E-state index contributed by atoms with van der Waals surface area (Å²) in [7, 11) is 0. The van der Waals surface area contributed by atoms with Crippen molar-refractivity contribution in [3.63, 3.8) is 0 Å². The van der Waals surface area contributed by atoms with Gasteiger partial charge >= 0.3 is 6.09 Å². The lowest BCUT2D eigenvalue weighted by atomic mass is 9.84. The monoisotopic (exact) mass is 689 g/mol. The third kappa shape index (κ3) is 7.01. The first-order valence-corrected chi connectivity index (χ1v) is 17.9. The molecule has 2 fully saturated rings. The fourth-order valence-corrected chi connectivity index (χ4v) is 7.95. The quantitative estimate of drug-likeness (QED) is 0.241. The highest BCUT2D eigenvalue weighted by Crippen LogP contribution is 2.36. The molecule has 10 nitrogen and oxygen atoms in total. The van der Waals surface area contributed by atoms with Gasteiger partial charge in [-0.25, -0.2) is 9.18 Å². The fourth-order valence-electron chi connectivity index (χ4n) is 7.95. The van der Waals surface area contributed by atoms with E-state index in [1.165, 1.54) is 12.1 Å². The minimum absolute atomic E-state index is 0.0396. The normalized spacial score (nSPS) is 21.3. The first kappa shape index (κ1) is 37.0. The number of hydrogen-bond donors (Lipinski definition) is 0. The van der Waals surface area contributed by atoms with Crippen LogP contribution in [0.1, 0.15) is 114 Å². The Hall–Kier alpha value is -4.28. The number of aromatic nitrogens is 2. The Morgan fingerprint density at radius 1 is 0.980 bits per heavy atom. The predicted molar refractivity (Wildman–Crippen MR) is 191 cm³/mol. The molecule has 2 aromatic heterocycles. The van der Waals surface area contributed by atoms with E-state index >= 15 is 0 Å². The van der Waals surface area contributed by atoms with Crippen molar-refractivity contribution in [3.8, 4) is 5.69 Å². The van der Waals surface area contributed by atoms with E-state index in [9.17, 15) is 23.6 Å². The van der Waals surface area contributed by atoms with Crippen molar-refractivity contribution in [3.05, 3.63) is 59.3 Å². The number of likely N-dealkylation sites (tertiary alicyclic amines) is 2. The van der Waals surface area contributed by atoms with Gasteiger partial charge in [-0.05, 0) is 119 Å². The lowest BCUT2D eigenvalue weighted by molar-refractivity contribution is -0.140. The van der Waals surface area contributed by atoms with Gasteiger partial charge in [-0.15, -0.1) is 0 Å². The number of ketones is 1. The highest BCUT2D eigenvalue weighted by Gasteiger charge is 2.45. The second kappa shape index (κ2) is 14.2. The van der Waals surface area contributed by atoms with Gasteiger partial charge < -0.3 is 19.1 Å². The lowest BCUT2D eigenvalue weighted by Gasteiger charge is -2.40. The predicted octanol–water partition coefficient (Wildman–Crippen LogP) is 7.33. The number of halogens is 1. The van der Waals surface area contributed by atoms with Gasteiger partial charge in [0.05, 0.1) is 23.0 Å². The molecule has 2 aliphatic heterocycles. The third-order valence-electron chi connectivity index (χ3n) is 10.1. The second-order valence-corrected chi connectivity index (χ2v) is 15.5. The second-order valence-electron chi connectivity index (χ2n) is 15.5. The van der Waals surface area contributed by atoms with Gasteiger partial charge in [0.2, 0.25) is 5.91 Å². The summed E-state index contributed by atoms with van der Waals surface area (Å²) in [6.07, 6.45) is 5.05. The smallest absolute Gasteiger partial charge is 0.411 e. The summed E-state index contributed by atoms with van der Waals surface area (Å²) in [5.74, 6) is -1.32. The van der Waals surface area contributed by atoms with Crippen LogP contribution in [0.4, 0.5) is 9.18 Å². The molecule has 11 heteroatoms. The molecule has 4 atom stereocenters. The molecule has 5 rings (SSSR count). The first-order valence-electron chi connectivity index (χ1n) is 17.9. The SMILES string of the molecule is Cc1c(C(=O)C2CCN(C(=O)[C@@H]3CC[C@H](C)N3C(=O)OC(C)(C)C)[C@@H](C)C2)c2ccncc2n1-c1ccc(F)cc1C(=O)N(C(C)C)C(C)C. The summed E-state index contributed by atoms with van der Waals surface area (Å²) in [6, 6.07) is 4.82. The van der Waals surface area contributed by atoms with Crippen LogP contribution in [-0.2, 0) is 9.53 Å². The van der Waals surface area contributed by atoms with Crippen molar-refractivity contribution < 1.29 is 28.3 Å². The zero-order chi connectivity index (χ0) is 36.8. The zero-order valence-electron chi connectivity index (χ0n) is 31.1. The molecule has 50 heavy (non-hydrogen) atoms. The molecule has 3 aromatic rings. The fraction of sp³-hybridized carbons (Fsp3) is 0.564. The molecule has 2 aliphatic rings. The van der Waals surface area contributed by atoms with Crippen LogP contribution in [0, 0.1) is 18.7 Å². The molecule has 0 aliphatic carbocycles. The van der Waals surface area contributed by atoms with E-state index in [2.05, 4.69) is 4.98 Å². The average Bonchev–Trinajstić information content (AvgIpc) is 3.55. The van der Waals surface area contributed by atoms with Crippen LogP contribution in [0.3, 0.4) is 0 Å². The maximum absolute atomic E-state index is 14.7. The molecule has 0 radical (unpaired) electrons. The number of amides is 3. The van der Waals surface area contributed by atoms with Crippen molar-refractivity contribution in [2.75, 3.05) is 6.54 Å². The number of benzene rings is 1. The summed E-state index contributed by atoms with van der Waals surface area (Å²) >= 11 is 0. The summed E-state index contributed by atoms with van der Waals surface area (Å²) in [6.45, 7) is 19.3. The minimum Gasteiger partial charge on any atom is -0.444 e. The Bertz CT molecular complexity index is 1780. The number of rotatable bonds is 7.